The highest BCUT2D eigenvalue weighted by Gasteiger charge is 2.44. The molecule has 3 rings (SSSR count). The van der Waals surface area contributed by atoms with Crippen LogP contribution in [0.15, 0.2) is 48.5 Å². The second-order valence-corrected chi connectivity index (χ2v) is 7.39. The number of rotatable bonds is 6. The first kappa shape index (κ1) is 20.1. The quantitative estimate of drug-likeness (QED) is 0.688. The summed E-state index contributed by atoms with van der Waals surface area (Å²) >= 11 is 6.26. The van der Waals surface area contributed by atoms with E-state index in [1.807, 2.05) is 44.2 Å². The van der Waals surface area contributed by atoms with Crippen molar-refractivity contribution in [1.82, 2.24) is 4.90 Å². The number of amides is 3. The number of nitrogens with zero attached hydrogens (tertiary/aromatic N) is 2. The summed E-state index contributed by atoms with van der Waals surface area (Å²) in [7, 11) is 0. The van der Waals surface area contributed by atoms with Crippen LogP contribution in [0.25, 0.3) is 0 Å². The van der Waals surface area contributed by atoms with Gasteiger partial charge in [0.2, 0.25) is 11.8 Å². The van der Waals surface area contributed by atoms with E-state index in [9.17, 15) is 14.4 Å². The standard InChI is InChI=1S/C22H23ClN2O3/c1-3-6-20(26)24(14-16-7-4-5-8-18(16)23)19-13-21(27)25(22(19)28)17-11-9-15(2)10-12-17/h4-5,7-12,19H,3,6,13-14H2,1-2H3. The zero-order chi connectivity index (χ0) is 20.3. The summed E-state index contributed by atoms with van der Waals surface area (Å²) in [5.41, 5.74) is 2.32. The van der Waals surface area contributed by atoms with E-state index in [0.29, 0.717) is 23.6 Å². The maximum Gasteiger partial charge on any atom is 0.257 e. The zero-order valence-corrected chi connectivity index (χ0v) is 16.8. The lowest BCUT2D eigenvalue weighted by Gasteiger charge is -2.28. The molecule has 5 nitrogen and oxygen atoms in total. The van der Waals surface area contributed by atoms with Crippen molar-refractivity contribution in [3.05, 3.63) is 64.7 Å². The number of anilines is 1. The van der Waals surface area contributed by atoms with Crippen LogP contribution < -0.4 is 4.90 Å². The lowest BCUT2D eigenvalue weighted by atomic mass is 10.1. The van der Waals surface area contributed by atoms with E-state index in [2.05, 4.69) is 0 Å². The molecule has 1 saturated heterocycles. The van der Waals surface area contributed by atoms with E-state index < -0.39 is 6.04 Å². The van der Waals surface area contributed by atoms with E-state index in [4.69, 9.17) is 11.6 Å². The Hall–Kier alpha value is -2.66. The zero-order valence-electron chi connectivity index (χ0n) is 16.0. The Bertz CT molecular complexity index is 895. The monoisotopic (exact) mass is 398 g/mol. The van der Waals surface area contributed by atoms with Crippen molar-refractivity contribution in [2.24, 2.45) is 0 Å². The van der Waals surface area contributed by atoms with Gasteiger partial charge in [-0.1, -0.05) is 54.4 Å². The van der Waals surface area contributed by atoms with Crippen molar-refractivity contribution in [3.8, 4) is 0 Å². The van der Waals surface area contributed by atoms with Gasteiger partial charge in [-0.05, 0) is 37.1 Å². The Morgan fingerprint density at radius 1 is 1.14 bits per heavy atom. The van der Waals surface area contributed by atoms with Crippen molar-refractivity contribution in [2.75, 3.05) is 4.90 Å². The van der Waals surface area contributed by atoms with E-state index in [-0.39, 0.29) is 30.7 Å². The van der Waals surface area contributed by atoms with E-state index in [1.165, 1.54) is 9.80 Å². The molecule has 0 radical (unpaired) electrons. The summed E-state index contributed by atoms with van der Waals surface area (Å²) in [4.78, 5) is 41.2. The SMILES string of the molecule is CCCC(=O)N(Cc1ccccc1Cl)C1CC(=O)N(c2ccc(C)cc2)C1=O. The van der Waals surface area contributed by atoms with Gasteiger partial charge in [0.25, 0.3) is 5.91 Å². The third-order valence-corrected chi connectivity index (χ3v) is 5.24. The van der Waals surface area contributed by atoms with E-state index >= 15 is 0 Å². The van der Waals surface area contributed by atoms with Crippen LogP contribution in [0, 0.1) is 6.92 Å². The predicted octanol–water partition coefficient (Wildman–Crippen LogP) is 4.11. The molecule has 1 fully saturated rings. The average Bonchev–Trinajstić information content (AvgIpc) is 2.96. The van der Waals surface area contributed by atoms with Gasteiger partial charge in [-0.2, -0.15) is 0 Å². The predicted molar refractivity (Wildman–Crippen MR) is 109 cm³/mol. The Kier molecular flexibility index (Phi) is 6.15. The fourth-order valence-corrected chi connectivity index (χ4v) is 3.56. The minimum Gasteiger partial charge on any atom is -0.326 e. The minimum absolute atomic E-state index is 0.0212. The molecule has 6 heteroatoms. The number of imide groups is 1. The molecule has 2 aromatic carbocycles. The van der Waals surface area contributed by atoms with Crippen molar-refractivity contribution in [3.63, 3.8) is 0 Å². The molecular weight excluding hydrogens is 376 g/mol. The molecule has 0 N–H and O–H groups in total. The fraction of sp³-hybridized carbons (Fsp3) is 0.318. The summed E-state index contributed by atoms with van der Waals surface area (Å²) in [6, 6.07) is 13.6. The second kappa shape index (κ2) is 8.57. The van der Waals surface area contributed by atoms with Gasteiger partial charge in [-0.25, -0.2) is 4.90 Å². The summed E-state index contributed by atoms with van der Waals surface area (Å²) < 4.78 is 0. The summed E-state index contributed by atoms with van der Waals surface area (Å²) in [6.45, 7) is 4.05. The van der Waals surface area contributed by atoms with Gasteiger partial charge in [0.15, 0.2) is 0 Å². The number of halogens is 1. The third kappa shape index (κ3) is 4.09. The van der Waals surface area contributed by atoms with Gasteiger partial charge < -0.3 is 4.90 Å². The first-order chi connectivity index (χ1) is 13.4. The first-order valence-corrected chi connectivity index (χ1v) is 9.76. The third-order valence-electron chi connectivity index (χ3n) is 4.87. The van der Waals surface area contributed by atoms with Gasteiger partial charge in [-0.3, -0.25) is 14.4 Å². The summed E-state index contributed by atoms with van der Waals surface area (Å²) in [6.07, 6.45) is 0.952. The normalized spacial score (nSPS) is 16.5. The Balaban J connectivity index is 1.90. The summed E-state index contributed by atoms with van der Waals surface area (Å²) in [5, 5.41) is 0.531. The largest absolute Gasteiger partial charge is 0.326 e. The Labute approximate surface area is 169 Å². The molecule has 0 bridgehead atoms. The number of aryl methyl sites for hydroxylation is 1. The molecule has 1 atom stereocenters. The topological polar surface area (TPSA) is 57.7 Å². The molecular formula is C22H23ClN2O3. The van der Waals surface area contributed by atoms with Crippen LogP contribution >= 0.6 is 11.6 Å². The fourth-order valence-electron chi connectivity index (χ4n) is 3.36. The van der Waals surface area contributed by atoms with Gasteiger partial charge in [0.1, 0.15) is 6.04 Å². The molecule has 0 aliphatic carbocycles. The van der Waals surface area contributed by atoms with Crippen molar-refractivity contribution in [1.29, 1.82) is 0 Å². The molecule has 28 heavy (non-hydrogen) atoms. The van der Waals surface area contributed by atoms with Crippen LogP contribution in [0.1, 0.15) is 37.3 Å². The molecule has 0 saturated carbocycles. The second-order valence-electron chi connectivity index (χ2n) is 6.99. The number of hydrogen-bond donors (Lipinski definition) is 0. The van der Waals surface area contributed by atoms with Crippen molar-refractivity contribution < 1.29 is 14.4 Å². The molecule has 0 aromatic heterocycles. The van der Waals surface area contributed by atoms with E-state index in [1.54, 1.807) is 18.2 Å². The lowest BCUT2D eigenvalue weighted by molar-refractivity contribution is -0.139. The first-order valence-electron chi connectivity index (χ1n) is 9.38. The van der Waals surface area contributed by atoms with Crippen LogP contribution in [-0.4, -0.2) is 28.7 Å². The van der Waals surface area contributed by atoms with Crippen LogP contribution in [0.3, 0.4) is 0 Å². The van der Waals surface area contributed by atoms with E-state index in [0.717, 1.165) is 11.1 Å². The maximum atomic E-state index is 13.1. The van der Waals surface area contributed by atoms with Crippen LogP contribution in [0.5, 0.6) is 0 Å². The number of benzene rings is 2. The van der Waals surface area contributed by atoms with Gasteiger partial charge in [0.05, 0.1) is 12.1 Å². The van der Waals surface area contributed by atoms with Gasteiger partial charge in [-0.15, -0.1) is 0 Å². The number of carbonyl (C=O) groups is 3. The van der Waals surface area contributed by atoms with Crippen molar-refractivity contribution in [2.45, 2.75) is 45.7 Å². The Morgan fingerprint density at radius 3 is 2.46 bits per heavy atom. The number of hydrogen-bond acceptors (Lipinski definition) is 3. The molecule has 1 aliphatic rings. The van der Waals surface area contributed by atoms with Crippen LogP contribution in [0.2, 0.25) is 5.02 Å². The molecule has 1 unspecified atom stereocenters. The molecule has 0 spiro atoms. The lowest BCUT2D eigenvalue weighted by Crippen LogP contribution is -2.45. The minimum atomic E-state index is -0.816. The highest BCUT2D eigenvalue weighted by molar-refractivity contribution is 6.31. The molecule has 2 aromatic rings. The maximum absolute atomic E-state index is 13.1. The smallest absolute Gasteiger partial charge is 0.257 e. The van der Waals surface area contributed by atoms with Gasteiger partial charge >= 0.3 is 0 Å². The highest BCUT2D eigenvalue weighted by atomic mass is 35.5. The van der Waals surface area contributed by atoms with Crippen LogP contribution in [-0.2, 0) is 20.9 Å². The highest BCUT2D eigenvalue weighted by Crippen LogP contribution is 2.28. The van der Waals surface area contributed by atoms with Gasteiger partial charge in [0, 0.05) is 18.0 Å². The van der Waals surface area contributed by atoms with Crippen LogP contribution in [0.4, 0.5) is 5.69 Å². The average molecular weight is 399 g/mol. The molecule has 146 valence electrons. The van der Waals surface area contributed by atoms with Crippen molar-refractivity contribution >= 4 is 35.0 Å². The number of carbonyl (C=O) groups excluding carboxylic acids is 3. The molecule has 1 heterocycles. The Morgan fingerprint density at radius 2 is 1.82 bits per heavy atom. The summed E-state index contributed by atoms with van der Waals surface area (Å²) in [5.74, 6) is -0.822. The molecule has 1 aliphatic heterocycles. The molecule has 3 amide bonds.